The van der Waals surface area contributed by atoms with E-state index in [0.717, 1.165) is 26.1 Å². The first-order chi connectivity index (χ1) is 18.1. The predicted molar refractivity (Wildman–Crippen MR) is 165 cm³/mol. The van der Waals surface area contributed by atoms with E-state index in [9.17, 15) is 0 Å². The maximum atomic E-state index is 5.81. The molecule has 0 bridgehead atoms. The molecule has 10 radical (unpaired) electrons. The van der Waals surface area contributed by atoms with Crippen LogP contribution in [0.5, 0.6) is 0 Å². The molecule has 4 fully saturated rings. The summed E-state index contributed by atoms with van der Waals surface area (Å²) in [6, 6.07) is 0. The van der Waals surface area contributed by atoms with Crippen LogP contribution in [0, 0.1) is 106 Å². The van der Waals surface area contributed by atoms with Gasteiger partial charge >= 0.3 is 46.9 Å². The molecule has 2 nitrogen and oxygen atoms in total. The van der Waals surface area contributed by atoms with Gasteiger partial charge in [-0.1, -0.05) is 87.9 Å². The minimum Gasteiger partial charge on any atom is -0.378 e. The molecule has 39 heavy (non-hydrogen) atoms. The minimum absolute atomic E-state index is 0. The van der Waals surface area contributed by atoms with Crippen molar-refractivity contribution < 1.29 is 56.4 Å². The molecule has 6 aliphatic rings. The van der Waals surface area contributed by atoms with Crippen LogP contribution in [-0.4, -0.2) is 41.6 Å². The fraction of sp³-hybridized carbons (Fsp3) is 0.471. The first-order valence-corrected chi connectivity index (χ1v) is 21.7. The minimum atomic E-state index is -1.27. The molecule has 4 aliphatic carbocycles. The van der Waals surface area contributed by atoms with Gasteiger partial charge in [-0.15, -0.1) is 0 Å². The summed E-state index contributed by atoms with van der Waals surface area (Å²) in [7, 11) is -2.55. The molecule has 0 aromatic carbocycles. The van der Waals surface area contributed by atoms with Crippen molar-refractivity contribution in [2.24, 2.45) is 0 Å². The summed E-state index contributed by atoms with van der Waals surface area (Å²) in [6.45, 7) is 16.5. The van der Waals surface area contributed by atoms with Gasteiger partial charge in [0.25, 0.3) is 0 Å². The van der Waals surface area contributed by atoms with Gasteiger partial charge in [0.1, 0.15) is 0 Å². The number of hydrogen-bond donors (Lipinski definition) is 0. The number of hydrogen-bond acceptors (Lipinski definition) is 2. The average molecular weight is 716 g/mol. The Balaban J connectivity index is 0.000000176. The maximum absolute atomic E-state index is 5.81. The van der Waals surface area contributed by atoms with Crippen LogP contribution in [0.4, 0.5) is 0 Å². The van der Waals surface area contributed by atoms with Gasteiger partial charge in [-0.25, -0.2) is 0 Å². The normalized spacial score (nSPS) is 29.6. The molecule has 0 N–H and O–H groups in total. The average Bonchev–Trinajstić information content (AvgIpc) is 3.67. The van der Waals surface area contributed by atoms with Crippen LogP contribution in [0.15, 0.2) is 48.6 Å². The van der Waals surface area contributed by atoms with E-state index in [0.29, 0.717) is 12.2 Å². The summed E-state index contributed by atoms with van der Waals surface area (Å²) in [5.41, 5.74) is 3.21. The second-order valence-corrected chi connectivity index (χ2v) is 23.5. The Kier molecular flexibility index (Phi) is 11.8. The standard InChI is InChI=1S/2C17H23OSi.Yb/c2*1-19(2,3)17-12-13(11-14-7-6-10-18-14)15-8-4-5-9-16(15)17;/h2*4-5,8-9,12,14H,6-7,10-11H2,1-3H3;/q;;+2. The molecule has 2 aliphatic heterocycles. The number of allylic oxidation sites excluding steroid dienone is 8. The predicted octanol–water partition coefficient (Wildman–Crippen LogP) is 8.15. The molecule has 214 valence electrons. The molecule has 2 heterocycles. The van der Waals surface area contributed by atoms with E-state index in [2.05, 4.69) is 101 Å². The van der Waals surface area contributed by atoms with Crippen molar-refractivity contribution in [3.63, 3.8) is 0 Å². The van der Waals surface area contributed by atoms with E-state index >= 15 is 0 Å². The van der Waals surface area contributed by atoms with Crippen molar-refractivity contribution in [3.8, 4) is 0 Å². The first-order valence-electron chi connectivity index (χ1n) is 14.7. The molecule has 2 saturated heterocycles. The van der Waals surface area contributed by atoms with E-state index in [-0.39, 0.29) is 46.9 Å². The van der Waals surface area contributed by atoms with Gasteiger partial charge in [0, 0.05) is 36.9 Å². The Morgan fingerprint density at radius 2 is 0.949 bits per heavy atom. The quantitative estimate of drug-likeness (QED) is 0.259. The van der Waals surface area contributed by atoms with Crippen LogP contribution in [-0.2, 0) is 9.47 Å². The van der Waals surface area contributed by atoms with E-state index in [1.165, 1.54) is 61.2 Å². The molecule has 5 heteroatoms. The van der Waals surface area contributed by atoms with E-state index in [1.807, 2.05) is 0 Å². The topological polar surface area (TPSA) is 18.5 Å². The molecular formula is C34H46O2Si2Yb+2. The van der Waals surface area contributed by atoms with Gasteiger partial charge in [0.2, 0.25) is 0 Å². The third-order valence-corrected chi connectivity index (χ3v) is 12.4. The Morgan fingerprint density at radius 3 is 1.26 bits per heavy atom. The molecule has 0 aromatic rings. The van der Waals surface area contributed by atoms with Crippen molar-refractivity contribution in [1.29, 1.82) is 0 Å². The van der Waals surface area contributed by atoms with Crippen LogP contribution in [0.1, 0.15) is 38.5 Å². The summed E-state index contributed by atoms with van der Waals surface area (Å²) >= 11 is 0. The Morgan fingerprint density at radius 1 is 0.590 bits per heavy atom. The van der Waals surface area contributed by atoms with Crippen molar-refractivity contribution in [2.45, 2.75) is 90.0 Å². The van der Waals surface area contributed by atoms with Crippen LogP contribution in [0.3, 0.4) is 0 Å². The van der Waals surface area contributed by atoms with Crippen molar-refractivity contribution in [3.05, 3.63) is 108 Å². The van der Waals surface area contributed by atoms with Crippen molar-refractivity contribution in [1.82, 2.24) is 0 Å². The smallest absolute Gasteiger partial charge is 0.378 e. The van der Waals surface area contributed by atoms with E-state index < -0.39 is 16.1 Å². The summed E-state index contributed by atoms with van der Waals surface area (Å²) in [5, 5.41) is 0. The van der Waals surface area contributed by atoms with Gasteiger partial charge in [-0.05, 0) is 74.3 Å². The van der Waals surface area contributed by atoms with Crippen LogP contribution in [0.2, 0.25) is 39.3 Å². The van der Waals surface area contributed by atoms with Gasteiger partial charge < -0.3 is 9.47 Å². The fourth-order valence-electron chi connectivity index (χ4n) is 6.34. The molecule has 0 spiro atoms. The Bertz CT molecular complexity index is 827. The largest absolute Gasteiger partial charge is 2.00 e. The molecule has 2 saturated carbocycles. The monoisotopic (exact) mass is 716 g/mol. The number of fused-ring (bicyclic) bond motifs is 2. The number of rotatable bonds is 6. The van der Waals surface area contributed by atoms with Crippen LogP contribution >= 0.6 is 0 Å². The summed E-state index contributed by atoms with van der Waals surface area (Å²) in [5.74, 6) is 8.87. The van der Waals surface area contributed by atoms with Gasteiger partial charge in [0.15, 0.2) is 0 Å². The fourth-order valence-corrected chi connectivity index (χ4v) is 9.60. The van der Waals surface area contributed by atoms with E-state index in [1.54, 1.807) is 11.1 Å². The van der Waals surface area contributed by atoms with E-state index in [4.69, 9.17) is 9.47 Å². The zero-order valence-corrected chi connectivity index (χ0v) is 28.4. The third kappa shape index (κ3) is 8.06. The SMILES string of the molecule is C[Si](C)(C)[C]1[CH][C](CC2CCCO2)[C]2C=CC=C[C]21.C[Si](C)(C)[C]1[CH][C](CC2CCCO2)[C]2C=CC=C[C]21.[Yb+2]. The Hall–Kier alpha value is 0.833. The zero-order valence-electron chi connectivity index (χ0n) is 24.7. The van der Waals surface area contributed by atoms with Gasteiger partial charge in [0.05, 0.1) is 28.4 Å². The van der Waals surface area contributed by atoms with Crippen molar-refractivity contribution in [2.75, 3.05) is 13.2 Å². The molecule has 2 unspecified atom stereocenters. The molecule has 0 amide bonds. The Labute approximate surface area is 281 Å². The summed E-state index contributed by atoms with van der Waals surface area (Å²) in [4.78, 5) is 0. The second-order valence-electron chi connectivity index (χ2n) is 13.4. The summed E-state index contributed by atoms with van der Waals surface area (Å²) in [6.07, 6.45) is 30.7. The molecule has 2 atom stereocenters. The third-order valence-electron chi connectivity index (χ3n) is 8.32. The number of ether oxygens (including phenoxy) is 2. The van der Waals surface area contributed by atoms with Crippen LogP contribution in [0.25, 0.3) is 0 Å². The second kappa shape index (κ2) is 14.1. The molecular weight excluding hydrogens is 670 g/mol. The maximum Gasteiger partial charge on any atom is 2.00 e. The van der Waals surface area contributed by atoms with Crippen LogP contribution < -0.4 is 0 Å². The zero-order chi connectivity index (χ0) is 26.9. The molecule has 6 rings (SSSR count). The van der Waals surface area contributed by atoms with Gasteiger partial charge in [-0.2, -0.15) is 0 Å². The van der Waals surface area contributed by atoms with Gasteiger partial charge in [-0.3, -0.25) is 0 Å². The summed E-state index contributed by atoms with van der Waals surface area (Å²) < 4.78 is 11.6. The molecule has 0 aromatic heterocycles. The van der Waals surface area contributed by atoms with Crippen molar-refractivity contribution >= 4 is 16.1 Å². The first kappa shape index (κ1) is 32.7.